The quantitative estimate of drug-likeness (QED) is 0.604. The molecule has 0 bridgehead atoms. The van der Waals surface area contributed by atoms with Crippen LogP contribution < -0.4 is 10.9 Å². The molecule has 1 aliphatic rings. The number of carbonyl (C=O) groups excluding carboxylic acids is 2. The van der Waals surface area contributed by atoms with Gasteiger partial charge >= 0.3 is 0 Å². The maximum Gasteiger partial charge on any atom is 0.275 e. The minimum Gasteiger partial charge on any atom is -0.396 e. The molecule has 0 spiro atoms. The van der Waals surface area contributed by atoms with Crippen LogP contribution in [0.25, 0.3) is 10.8 Å². The molecular weight excluding hydrogens is 322 g/mol. The number of rotatable bonds is 6. The van der Waals surface area contributed by atoms with Gasteiger partial charge < -0.3 is 5.11 Å². The van der Waals surface area contributed by atoms with Crippen LogP contribution in [0, 0.1) is 0 Å². The summed E-state index contributed by atoms with van der Waals surface area (Å²) < 4.78 is 1.20. The van der Waals surface area contributed by atoms with Gasteiger partial charge in [-0.1, -0.05) is 24.6 Å². The molecule has 132 valence electrons. The molecule has 1 saturated heterocycles. The molecule has 2 amide bonds. The third kappa shape index (κ3) is 3.61. The van der Waals surface area contributed by atoms with E-state index >= 15 is 0 Å². The average Bonchev–Trinajstić information content (AvgIpc) is 2.60. The number of unbranched alkanes of at least 4 members (excludes halogenated alkanes) is 2. The summed E-state index contributed by atoms with van der Waals surface area (Å²) in [6.45, 7) is 0.168. The van der Waals surface area contributed by atoms with E-state index in [1.54, 1.807) is 6.20 Å². The summed E-state index contributed by atoms with van der Waals surface area (Å²) in [6, 6.07) is 4.88. The van der Waals surface area contributed by atoms with Gasteiger partial charge in [-0.2, -0.15) is 5.10 Å². The van der Waals surface area contributed by atoms with Crippen molar-refractivity contribution in [1.29, 1.82) is 0 Å². The van der Waals surface area contributed by atoms with Gasteiger partial charge in [0.15, 0.2) is 0 Å². The van der Waals surface area contributed by atoms with Crippen molar-refractivity contribution < 1.29 is 14.7 Å². The van der Waals surface area contributed by atoms with Crippen LogP contribution in [0.5, 0.6) is 0 Å². The molecular formula is C18H21N3O4. The number of aliphatic hydroxyl groups excluding tert-OH is 1. The van der Waals surface area contributed by atoms with E-state index in [-0.39, 0.29) is 30.9 Å². The summed E-state index contributed by atoms with van der Waals surface area (Å²) in [4.78, 5) is 36.3. The van der Waals surface area contributed by atoms with Gasteiger partial charge in [0.1, 0.15) is 6.04 Å². The summed E-state index contributed by atoms with van der Waals surface area (Å²) in [6.07, 6.45) is 5.31. The van der Waals surface area contributed by atoms with Crippen molar-refractivity contribution in [1.82, 2.24) is 15.1 Å². The summed E-state index contributed by atoms with van der Waals surface area (Å²) in [7, 11) is 0. The Morgan fingerprint density at radius 3 is 2.80 bits per heavy atom. The van der Waals surface area contributed by atoms with Crippen molar-refractivity contribution in [3.8, 4) is 0 Å². The van der Waals surface area contributed by atoms with Gasteiger partial charge in [-0.05, 0) is 31.2 Å². The fraction of sp³-hybridized carbons (Fsp3) is 0.444. The Hall–Kier alpha value is -2.54. The fourth-order valence-corrected chi connectivity index (χ4v) is 3.23. The number of benzene rings is 1. The second-order valence-electron chi connectivity index (χ2n) is 6.28. The van der Waals surface area contributed by atoms with E-state index in [4.69, 9.17) is 5.11 Å². The number of nitrogens with zero attached hydrogens (tertiary/aromatic N) is 2. The fourth-order valence-electron chi connectivity index (χ4n) is 3.23. The van der Waals surface area contributed by atoms with Crippen molar-refractivity contribution >= 4 is 22.6 Å². The summed E-state index contributed by atoms with van der Waals surface area (Å²) in [5.74, 6) is -0.801. The van der Waals surface area contributed by atoms with Crippen LogP contribution in [0.2, 0.25) is 0 Å². The molecule has 0 aliphatic carbocycles. The molecule has 0 saturated carbocycles. The number of nitrogens with one attached hydrogen (secondary N) is 1. The lowest BCUT2D eigenvalue weighted by Gasteiger charge is -2.22. The Labute approximate surface area is 144 Å². The molecule has 3 rings (SSSR count). The Balaban J connectivity index is 1.96. The highest BCUT2D eigenvalue weighted by Crippen LogP contribution is 2.20. The van der Waals surface area contributed by atoms with E-state index in [2.05, 4.69) is 10.4 Å². The zero-order valence-corrected chi connectivity index (χ0v) is 13.9. The molecule has 1 atom stereocenters. The van der Waals surface area contributed by atoms with E-state index in [1.165, 1.54) is 4.68 Å². The first kappa shape index (κ1) is 17.3. The Morgan fingerprint density at radius 2 is 2.04 bits per heavy atom. The van der Waals surface area contributed by atoms with Crippen molar-refractivity contribution in [3.05, 3.63) is 40.3 Å². The summed E-state index contributed by atoms with van der Waals surface area (Å²) in [5, 5.41) is 16.6. The zero-order valence-electron chi connectivity index (χ0n) is 13.9. The highest BCUT2D eigenvalue weighted by Gasteiger charge is 2.30. The smallest absolute Gasteiger partial charge is 0.275 e. The Morgan fingerprint density at radius 1 is 1.20 bits per heavy atom. The maximum absolute atomic E-state index is 13.0. The first-order chi connectivity index (χ1) is 12.1. The average molecular weight is 343 g/mol. The number of aryl methyl sites for hydroxylation is 1. The lowest BCUT2D eigenvalue weighted by atomic mass is 10.0. The highest BCUT2D eigenvalue weighted by molar-refractivity contribution is 5.99. The van der Waals surface area contributed by atoms with E-state index in [9.17, 15) is 14.4 Å². The predicted molar refractivity (Wildman–Crippen MR) is 92.1 cm³/mol. The van der Waals surface area contributed by atoms with Crippen molar-refractivity contribution in [2.45, 2.75) is 44.6 Å². The lowest BCUT2D eigenvalue weighted by Crippen LogP contribution is -2.45. The van der Waals surface area contributed by atoms with Gasteiger partial charge in [-0.25, -0.2) is 4.68 Å². The number of hydrogen-bond donors (Lipinski definition) is 2. The van der Waals surface area contributed by atoms with Crippen LogP contribution in [-0.2, 0) is 16.0 Å². The van der Waals surface area contributed by atoms with Crippen LogP contribution >= 0.6 is 0 Å². The molecule has 1 aromatic heterocycles. The second kappa shape index (κ2) is 7.57. The molecule has 1 aliphatic heterocycles. The van der Waals surface area contributed by atoms with E-state index in [1.807, 2.05) is 18.2 Å². The monoisotopic (exact) mass is 343 g/mol. The minimum absolute atomic E-state index is 0.168. The van der Waals surface area contributed by atoms with E-state index in [0.717, 1.165) is 36.6 Å². The molecule has 1 unspecified atom stereocenters. The van der Waals surface area contributed by atoms with Crippen molar-refractivity contribution in [2.24, 2.45) is 0 Å². The Bertz CT molecular complexity index is 859. The third-order valence-corrected chi connectivity index (χ3v) is 4.54. The van der Waals surface area contributed by atoms with E-state index in [0.29, 0.717) is 5.39 Å². The van der Waals surface area contributed by atoms with Gasteiger partial charge in [0.05, 0.1) is 11.6 Å². The SMILES string of the molecule is O=C1CCC(n2ncc3cccc(CCCCCO)c3c2=O)C(=O)N1. The number of amides is 2. The molecule has 7 nitrogen and oxygen atoms in total. The topological polar surface area (TPSA) is 101 Å². The standard InChI is InChI=1S/C18H21N3O4/c22-10-3-1-2-5-12-6-4-7-13-11-19-21(18(25)16(12)13)14-8-9-15(23)20-17(14)24/h4,6-7,11,14,22H,1-3,5,8-10H2,(H,20,23,24). The highest BCUT2D eigenvalue weighted by atomic mass is 16.3. The van der Waals surface area contributed by atoms with Gasteiger partial charge in [0.2, 0.25) is 5.91 Å². The molecule has 25 heavy (non-hydrogen) atoms. The predicted octanol–water partition coefficient (Wildman–Crippen LogP) is 1.08. The molecule has 2 heterocycles. The van der Waals surface area contributed by atoms with Crippen LogP contribution in [0.4, 0.5) is 0 Å². The van der Waals surface area contributed by atoms with Crippen LogP contribution in [0.15, 0.2) is 29.2 Å². The maximum atomic E-state index is 13.0. The summed E-state index contributed by atoms with van der Waals surface area (Å²) in [5.41, 5.74) is 0.619. The number of carbonyl (C=O) groups is 2. The van der Waals surface area contributed by atoms with Crippen molar-refractivity contribution in [3.63, 3.8) is 0 Å². The second-order valence-corrected chi connectivity index (χ2v) is 6.28. The summed E-state index contributed by atoms with van der Waals surface area (Å²) >= 11 is 0. The molecule has 2 N–H and O–H groups in total. The van der Waals surface area contributed by atoms with E-state index < -0.39 is 11.9 Å². The van der Waals surface area contributed by atoms with Crippen LogP contribution in [0.1, 0.15) is 43.7 Å². The number of fused-ring (bicyclic) bond motifs is 1. The Kier molecular flexibility index (Phi) is 5.23. The number of aromatic nitrogens is 2. The molecule has 1 aromatic carbocycles. The molecule has 2 aromatic rings. The number of piperidine rings is 1. The molecule has 1 fully saturated rings. The van der Waals surface area contributed by atoms with Gasteiger partial charge in [0.25, 0.3) is 11.5 Å². The number of hydrogen-bond acceptors (Lipinski definition) is 5. The lowest BCUT2D eigenvalue weighted by molar-refractivity contribution is -0.136. The zero-order chi connectivity index (χ0) is 17.8. The first-order valence-electron chi connectivity index (χ1n) is 8.56. The largest absolute Gasteiger partial charge is 0.396 e. The van der Waals surface area contributed by atoms with Crippen LogP contribution in [0.3, 0.4) is 0 Å². The third-order valence-electron chi connectivity index (χ3n) is 4.54. The van der Waals surface area contributed by atoms with Crippen LogP contribution in [-0.4, -0.2) is 33.3 Å². The first-order valence-corrected chi connectivity index (χ1v) is 8.56. The molecule has 7 heteroatoms. The molecule has 0 radical (unpaired) electrons. The number of imide groups is 1. The normalized spacial score (nSPS) is 17.7. The van der Waals surface area contributed by atoms with Gasteiger partial charge in [-0.15, -0.1) is 0 Å². The van der Waals surface area contributed by atoms with Gasteiger partial charge in [-0.3, -0.25) is 19.7 Å². The van der Waals surface area contributed by atoms with Crippen molar-refractivity contribution in [2.75, 3.05) is 6.61 Å². The van der Waals surface area contributed by atoms with Gasteiger partial charge in [0, 0.05) is 18.4 Å². The number of aliphatic hydroxyl groups is 1. The minimum atomic E-state index is -0.753.